The average Bonchev–Trinajstić information content (AvgIpc) is 2.85. The van der Waals surface area contributed by atoms with E-state index in [0.29, 0.717) is 17.1 Å². The zero-order valence-electron chi connectivity index (χ0n) is 11.0. The summed E-state index contributed by atoms with van der Waals surface area (Å²) in [5.74, 6) is -0.217. The highest BCUT2D eigenvalue weighted by Gasteiger charge is 2.08. The quantitative estimate of drug-likeness (QED) is 0.707. The summed E-state index contributed by atoms with van der Waals surface area (Å²) < 4.78 is 16.7. The van der Waals surface area contributed by atoms with Crippen LogP contribution in [0.15, 0.2) is 53.1 Å². The smallest absolute Gasteiger partial charge is 0.128 e. The fourth-order valence-electron chi connectivity index (χ4n) is 2.32. The minimum Gasteiger partial charge on any atom is -0.389 e. The van der Waals surface area contributed by atoms with E-state index >= 15 is 0 Å². The molecule has 0 bridgehead atoms. The molecule has 0 radical (unpaired) electrons. The fourth-order valence-corrected chi connectivity index (χ4v) is 2.86. The van der Waals surface area contributed by atoms with Crippen LogP contribution in [0.25, 0.3) is 10.9 Å². The second kappa shape index (κ2) is 5.58. The number of hydrogen-bond acceptors (Lipinski definition) is 1. The van der Waals surface area contributed by atoms with Gasteiger partial charge >= 0.3 is 0 Å². The molecular formula is C16H12BrFN2S. The third-order valence-electron chi connectivity index (χ3n) is 3.41. The Bertz CT molecular complexity index is 841. The van der Waals surface area contributed by atoms with Crippen molar-refractivity contribution in [3.05, 3.63) is 70.1 Å². The van der Waals surface area contributed by atoms with E-state index in [1.165, 1.54) is 6.07 Å². The molecule has 0 saturated carbocycles. The Morgan fingerprint density at radius 3 is 2.76 bits per heavy atom. The number of nitrogens with two attached hydrogens (primary N) is 1. The summed E-state index contributed by atoms with van der Waals surface area (Å²) >= 11 is 8.38. The van der Waals surface area contributed by atoms with Gasteiger partial charge < -0.3 is 10.3 Å². The van der Waals surface area contributed by atoms with E-state index in [0.717, 1.165) is 20.9 Å². The van der Waals surface area contributed by atoms with Gasteiger partial charge in [-0.05, 0) is 35.7 Å². The lowest BCUT2D eigenvalue weighted by atomic mass is 10.1. The van der Waals surface area contributed by atoms with Gasteiger partial charge in [-0.1, -0.05) is 40.3 Å². The largest absolute Gasteiger partial charge is 0.389 e. The molecule has 0 amide bonds. The van der Waals surface area contributed by atoms with E-state index in [9.17, 15) is 4.39 Å². The molecule has 2 N–H and O–H groups in total. The molecule has 0 aliphatic rings. The zero-order valence-corrected chi connectivity index (χ0v) is 13.4. The molecule has 21 heavy (non-hydrogen) atoms. The Kier molecular flexibility index (Phi) is 3.78. The van der Waals surface area contributed by atoms with Crippen LogP contribution in [0, 0.1) is 5.82 Å². The number of aromatic nitrogens is 1. The first-order chi connectivity index (χ1) is 10.0. The van der Waals surface area contributed by atoms with Crippen LogP contribution in [-0.4, -0.2) is 9.56 Å². The van der Waals surface area contributed by atoms with Crippen LogP contribution in [0.3, 0.4) is 0 Å². The molecule has 2 nitrogen and oxygen atoms in total. The first-order valence-electron chi connectivity index (χ1n) is 6.37. The Morgan fingerprint density at radius 2 is 2.00 bits per heavy atom. The molecule has 0 aliphatic carbocycles. The molecule has 0 aliphatic heterocycles. The molecule has 5 heteroatoms. The van der Waals surface area contributed by atoms with Crippen molar-refractivity contribution in [2.45, 2.75) is 6.54 Å². The van der Waals surface area contributed by atoms with Gasteiger partial charge in [-0.25, -0.2) is 4.39 Å². The van der Waals surface area contributed by atoms with Crippen LogP contribution >= 0.6 is 28.1 Å². The Morgan fingerprint density at radius 1 is 1.19 bits per heavy atom. The number of thiocarbonyl (C=S) groups is 1. The lowest BCUT2D eigenvalue weighted by Gasteiger charge is -2.08. The maximum atomic E-state index is 13.9. The van der Waals surface area contributed by atoms with Crippen LogP contribution in [0.1, 0.15) is 11.1 Å². The molecule has 106 valence electrons. The van der Waals surface area contributed by atoms with Crippen molar-refractivity contribution < 1.29 is 4.39 Å². The van der Waals surface area contributed by atoms with Gasteiger partial charge in [0.2, 0.25) is 0 Å². The van der Waals surface area contributed by atoms with E-state index in [1.54, 1.807) is 12.1 Å². The predicted molar refractivity (Wildman–Crippen MR) is 91.0 cm³/mol. The maximum Gasteiger partial charge on any atom is 0.128 e. The van der Waals surface area contributed by atoms with Gasteiger partial charge in [0.05, 0.1) is 6.54 Å². The van der Waals surface area contributed by atoms with E-state index in [-0.39, 0.29) is 5.82 Å². The van der Waals surface area contributed by atoms with Crippen molar-refractivity contribution in [1.29, 1.82) is 0 Å². The van der Waals surface area contributed by atoms with Crippen LogP contribution in [0.4, 0.5) is 4.39 Å². The minimum atomic E-state index is -0.217. The van der Waals surface area contributed by atoms with Gasteiger partial charge in [0.25, 0.3) is 0 Å². The van der Waals surface area contributed by atoms with Crippen LogP contribution in [0.2, 0.25) is 0 Å². The van der Waals surface area contributed by atoms with Gasteiger partial charge in [0.15, 0.2) is 0 Å². The van der Waals surface area contributed by atoms with Crippen molar-refractivity contribution in [1.82, 2.24) is 4.57 Å². The zero-order chi connectivity index (χ0) is 15.0. The fraction of sp³-hybridized carbons (Fsp3) is 0.0625. The predicted octanol–water partition coefficient (Wildman–Crippen LogP) is 4.23. The standard InChI is InChI=1S/C16H12BrFN2S/c17-13-3-4-14(18)12(7-13)9-20-6-5-10-1-2-11(16(19)21)8-15(10)20/h1-8H,9H2,(H2,19,21). The minimum absolute atomic E-state index is 0.217. The number of fused-ring (bicyclic) bond motifs is 1. The summed E-state index contributed by atoms with van der Waals surface area (Å²) in [5.41, 5.74) is 8.10. The summed E-state index contributed by atoms with van der Waals surface area (Å²) in [6.07, 6.45) is 1.94. The first kappa shape index (κ1) is 14.2. The molecule has 1 heterocycles. The molecule has 0 fully saturated rings. The van der Waals surface area contributed by atoms with Crippen LogP contribution < -0.4 is 5.73 Å². The molecule has 2 aromatic carbocycles. The van der Waals surface area contributed by atoms with Crippen LogP contribution in [-0.2, 0) is 6.54 Å². The third kappa shape index (κ3) is 2.84. The van der Waals surface area contributed by atoms with Gasteiger partial charge in [0, 0.05) is 27.3 Å². The summed E-state index contributed by atoms with van der Waals surface area (Å²) in [7, 11) is 0. The van der Waals surface area contributed by atoms with Crippen molar-refractivity contribution in [3.63, 3.8) is 0 Å². The molecule has 0 spiro atoms. The summed E-state index contributed by atoms with van der Waals surface area (Å²) in [4.78, 5) is 0.360. The molecule has 3 rings (SSSR count). The Hall–Kier alpha value is -1.72. The molecule has 0 atom stereocenters. The molecular weight excluding hydrogens is 351 g/mol. The highest BCUT2D eigenvalue weighted by molar-refractivity contribution is 9.10. The number of nitrogens with zero attached hydrogens (tertiary/aromatic N) is 1. The van der Waals surface area contributed by atoms with Gasteiger partial charge in [0.1, 0.15) is 10.8 Å². The van der Waals surface area contributed by atoms with E-state index < -0.39 is 0 Å². The van der Waals surface area contributed by atoms with Crippen molar-refractivity contribution >= 4 is 44.0 Å². The summed E-state index contributed by atoms with van der Waals surface area (Å²) in [6.45, 7) is 0.454. The normalized spacial score (nSPS) is 11.0. The van der Waals surface area contributed by atoms with E-state index in [1.807, 2.05) is 35.0 Å². The lowest BCUT2D eigenvalue weighted by molar-refractivity contribution is 0.601. The van der Waals surface area contributed by atoms with E-state index in [4.69, 9.17) is 18.0 Å². The SMILES string of the molecule is NC(=S)c1ccc2ccn(Cc3cc(Br)ccc3F)c2c1. The Balaban J connectivity index is 2.06. The molecule has 0 unspecified atom stereocenters. The van der Waals surface area contributed by atoms with Crippen molar-refractivity contribution in [2.24, 2.45) is 5.73 Å². The maximum absolute atomic E-state index is 13.9. The van der Waals surface area contributed by atoms with Crippen molar-refractivity contribution in [2.75, 3.05) is 0 Å². The van der Waals surface area contributed by atoms with Gasteiger partial charge in [-0.3, -0.25) is 0 Å². The van der Waals surface area contributed by atoms with E-state index in [2.05, 4.69) is 15.9 Å². The van der Waals surface area contributed by atoms with Crippen LogP contribution in [0.5, 0.6) is 0 Å². The molecule has 3 aromatic rings. The number of benzene rings is 2. The number of halogens is 2. The van der Waals surface area contributed by atoms with Crippen molar-refractivity contribution in [3.8, 4) is 0 Å². The number of rotatable bonds is 3. The van der Waals surface area contributed by atoms with Gasteiger partial charge in [-0.2, -0.15) is 0 Å². The second-order valence-corrected chi connectivity index (χ2v) is 6.17. The molecule has 0 saturated heterocycles. The lowest BCUT2D eigenvalue weighted by Crippen LogP contribution is -2.09. The Labute approximate surface area is 135 Å². The average molecular weight is 363 g/mol. The third-order valence-corrected chi connectivity index (χ3v) is 4.14. The van der Waals surface area contributed by atoms with Gasteiger partial charge in [-0.15, -0.1) is 0 Å². The number of hydrogen-bond donors (Lipinski definition) is 1. The summed E-state index contributed by atoms with van der Waals surface area (Å²) in [6, 6.07) is 12.7. The second-order valence-electron chi connectivity index (χ2n) is 4.82. The topological polar surface area (TPSA) is 30.9 Å². The summed E-state index contributed by atoms with van der Waals surface area (Å²) in [5, 5.41) is 1.07. The molecule has 1 aromatic heterocycles. The monoisotopic (exact) mass is 362 g/mol. The highest BCUT2D eigenvalue weighted by atomic mass is 79.9. The first-order valence-corrected chi connectivity index (χ1v) is 7.57. The highest BCUT2D eigenvalue weighted by Crippen LogP contribution is 2.22.